The third-order valence-electron chi connectivity index (χ3n) is 5.98. The largest absolute Gasteiger partial charge is 0.397 e. The Kier molecular flexibility index (Phi) is 9.10. The van der Waals surface area contributed by atoms with E-state index in [-0.39, 0.29) is 17.1 Å². The highest BCUT2D eigenvalue weighted by Crippen LogP contribution is 2.21. The number of imidazole rings is 1. The Morgan fingerprint density at radius 2 is 1.84 bits per heavy atom. The van der Waals surface area contributed by atoms with Gasteiger partial charge in [0.25, 0.3) is 5.91 Å². The van der Waals surface area contributed by atoms with Crippen LogP contribution in [0.4, 0.5) is 17.2 Å². The van der Waals surface area contributed by atoms with Gasteiger partial charge in [-0.15, -0.1) is 0 Å². The molecule has 4 rings (SSSR count). The molecule has 0 saturated heterocycles. The van der Waals surface area contributed by atoms with Gasteiger partial charge in [-0.05, 0) is 54.3 Å². The summed E-state index contributed by atoms with van der Waals surface area (Å²) in [7, 11) is 0. The first-order valence-electron chi connectivity index (χ1n) is 12.6. The van der Waals surface area contributed by atoms with E-state index in [1.54, 1.807) is 36.7 Å². The van der Waals surface area contributed by atoms with Crippen molar-refractivity contribution in [2.75, 3.05) is 22.9 Å². The Bertz CT molecular complexity index is 1400. The molecule has 0 atom stereocenters. The topological polar surface area (TPSA) is 140 Å². The summed E-state index contributed by atoms with van der Waals surface area (Å²) in [6, 6.07) is 14.2. The summed E-state index contributed by atoms with van der Waals surface area (Å²) in [6.07, 6.45) is 4.74. The van der Waals surface area contributed by atoms with Gasteiger partial charge in [-0.25, -0.2) is 4.98 Å². The van der Waals surface area contributed by atoms with Crippen molar-refractivity contribution in [2.45, 2.75) is 45.7 Å². The molecule has 2 aromatic carbocycles. The number of fused-ring (bicyclic) bond motifs is 1. The van der Waals surface area contributed by atoms with E-state index in [4.69, 9.17) is 17.3 Å². The smallest absolute Gasteiger partial charge is 0.255 e. The minimum atomic E-state index is -0.249. The van der Waals surface area contributed by atoms with E-state index in [1.165, 1.54) is 0 Å². The fourth-order valence-corrected chi connectivity index (χ4v) is 4.03. The van der Waals surface area contributed by atoms with Gasteiger partial charge in [0.15, 0.2) is 17.0 Å². The zero-order chi connectivity index (χ0) is 26.9. The Morgan fingerprint density at radius 3 is 2.61 bits per heavy atom. The van der Waals surface area contributed by atoms with E-state index in [0.717, 1.165) is 24.9 Å². The molecule has 0 radical (unpaired) electrons. The number of halogens is 1. The lowest BCUT2D eigenvalue weighted by Crippen LogP contribution is -2.23. The van der Waals surface area contributed by atoms with Crippen molar-refractivity contribution in [1.82, 2.24) is 24.8 Å². The zero-order valence-corrected chi connectivity index (χ0v) is 22.0. The van der Waals surface area contributed by atoms with Crippen molar-refractivity contribution in [3.05, 3.63) is 71.3 Å². The van der Waals surface area contributed by atoms with Crippen molar-refractivity contribution < 1.29 is 9.59 Å². The molecule has 0 aliphatic carbocycles. The number of hydrogen-bond acceptors (Lipinski definition) is 7. The number of carbonyl (C=O) groups excluding carboxylic acids is 2. The first-order chi connectivity index (χ1) is 18.4. The molecule has 5 N–H and O–H groups in total. The van der Waals surface area contributed by atoms with Crippen LogP contribution in [0.5, 0.6) is 0 Å². The van der Waals surface area contributed by atoms with Gasteiger partial charge >= 0.3 is 0 Å². The van der Waals surface area contributed by atoms with E-state index in [2.05, 4.69) is 37.8 Å². The molecule has 38 heavy (non-hydrogen) atoms. The summed E-state index contributed by atoms with van der Waals surface area (Å²) in [6.45, 7) is 3.85. The van der Waals surface area contributed by atoms with Crippen molar-refractivity contribution in [3.8, 4) is 0 Å². The normalized spacial score (nSPS) is 10.9. The van der Waals surface area contributed by atoms with Crippen molar-refractivity contribution in [3.63, 3.8) is 0 Å². The third-order valence-corrected chi connectivity index (χ3v) is 6.15. The maximum absolute atomic E-state index is 12.5. The number of carbonyl (C=O) groups is 2. The molecule has 0 bridgehead atoms. The number of benzene rings is 2. The lowest BCUT2D eigenvalue weighted by atomic mass is 10.1. The Balaban J connectivity index is 1.24. The summed E-state index contributed by atoms with van der Waals surface area (Å²) in [5.74, 6) is 0.309. The number of para-hydroxylation sites is 2. The summed E-state index contributed by atoms with van der Waals surface area (Å²) in [4.78, 5) is 37.9. The SMILES string of the molecule is CCCCNc1nc(Cl)nc2c1ncn2CCCC(=O)NCc1ccc(C(=O)Nc2ccccc2N)cc1. The third kappa shape index (κ3) is 6.98. The Hall–Kier alpha value is -4.18. The van der Waals surface area contributed by atoms with E-state index < -0.39 is 0 Å². The standard InChI is InChI=1S/C27H31ClN8O2/c1-2-3-14-30-24-23-25(35-27(28)34-24)36(17-32-23)15-6-9-22(37)31-16-18-10-12-19(13-11-18)26(38)33-21-8-5-4-7-20(21)29/h4-5,7-8,10-13,17H,2-3,6,9,14-16,29H2,1H3,(H,31,37)(H,33,38)(H,30,34,35). The van der Waals surface area contributed by atoms with E-state index in [1.807, 2.05) is 22.8 Å². The van der Waals surface area contributed by atoms with Gasteiger partial charge in [-0.1, -0.05) is 37.6 Å². The van der Waals surface area contributed by atoms with Gasteiger partial charge in [-0.2, -0.15) is 9.97 Å². The molecule has 198 valence electrons. The van der Waals surface area contributed by atoms with Crippen molar-refractivity contribution >= 4 is 51.8 Å². The van der Waals surface area contributed by atoms with Crippen LogP contribution in [0.3, 0.4) is 0 Å². The molecule has 0 saturated carbocycles. The number of amides is 2. The first kappa shape index (κ1) is 26.9. The number of nitrogens with one attached hydrogen (secondary N) is 3. The number of aryl methyl sites for hydroxylation is 1. The molecule has 4 aromatic rings. The van der Waals surface area contributed by atoms with Gasteiger partial charge in [0.1, 0.15) is 0 Å². The van der Waals surface area contributed by atoms with Crippen LogP contribution in [0, 0.1) is 0 Å². The highest BCUT2D eigenvalue weighted by Gasteiger charge is 2.13. The van der Waals surface area contributed by atoms with E-state index in [9.17, 15) is 9.59 Å². The van der Waals surface area contributed by atoms with E-state index in [0.29, 0.717) is 59.9 Å². The maximum atomic E-state index is 12.5. The van der Waals surface area contributed by atoms with Gasteiger partial charge in [-0.3, -0.25) is 9.59 Å². The lowest BCUT2D eigenvalue weighted by molar-refractivity contribution is -0.121. The number of unbranched alkanes of at least 4 members (excludes halogenated alkanes) is 1. The Morgan fingerprint density at radius 1 is 1.05 bits per heavy atom. The fraction of sp³-hybridized carbons (Fsp3) is 0.296. The van der Waals surface area contributed by atoms with Crippen LogP contribution >= 0.6 is 11.6 Å². The summed E-state index contributed by atoms with van der Waals surface area (Å²) < 4.78 is 1.88. The molecule has 0 aliphatic heterocycles. The second kappa shape index (κ2) is 12.9. The highest BCUT2D eigenvalue weighted by atomic mass is 35.5. The minimum absolute atomic E-state index is 0.0645. The second-order valence-electron chi connectivity index (χ2n) is 8.85. The molecule has 0 fully saturated rings. The molecule has 2 amide bonds. The molecule has 0 aliphatic rings. The lowest BCUT2D eigenvalue weighted by Gasteiger charge is -2.09. The second-order valence-corrected chi connectivity index (χ2v) is 9.19. The van der Waals surface area contributed by atoms with Crippen molar-refractivity contribution in [2.24, 2.45) is 0 Å². The van der Waals surface area contributed by atoms with Gasteiger partial charge in [0.05, 0.1) is 17.7 Å². The minimum Gasteiger partial charge on any atom is -0.397 e. The van der Waals surface area contributed by atoms with Crippen LogP contribution in [-0.4, -0.2) is 37.9 Å². The van der Waals surface area contributed by atoms with Crippen LogP contribution in [0.15, 0.2) is 54.9 Å². The first-order valence-corrected chi connectivity index (χ1v) is 13.0. The maximum Gasteiger partial charge on any atom is 0.255 e. The summed E-state index contributed by atoms with van der Waals surface area (Å²) in [5, 5.41) is 9.15. The van der Waals surface area contributed by atoms with Crippen LogP contribution in [-0.2, 0) is 17.9 Å². The van der Waals surface area contributed by atoms with Crippen LogP contribution in [0.2, 0.25) is 5.28 Å². The molecular formula is C27H31ClN8O2. The average molecular weight is 535 g/mol. The van der Waals surface area contributed by atoms with Crippen LogP contribution < -0.4 is 21.7 Å². The molecular weight excluding hydrogens is 504 g/mol. The number of aromatic nitrogens is 4. The molecule has 2 aromatic heterocycles. The zero-order valence-electron chi connectivity index (χ0n) is 21.2. The van der Waals surface area contributed by atoms with Gasteiger partial charge in [0.2, 0.25) is 11.2 Å². The molecule has 0 unspecified atom stereocenters. The number of nitrogens with zero attached hydrogens (tertiary/aromatic N) is 4. The van der Waals surface area contributed by atoms with Crippen LogP contribution in [0.1, 0.15) is 48.5 Å². The number of rotatable bonds is 12. The average Bonchev–Trinajstić information content (AvgIpc) is 3.32. The highest BCUT2D eigenvalue weighted by molar-refractivity contribution is 6.28. The number of nitrogen functional groups attached to an aromatic ring is 1. The molecule has 0 spiro atoms. The number of nitrogens with two attached hydrogens (primary N) is 1. The summed E-state index contributed by atoms with van der Waals surface area (Å²) in [5.41, 5.74) is 9.66. The number of anilines is 3. The predicted molar refractivity (Wildman–Crippen MR) is 150 cm³/mol. The van der Waals surface area contributed by atoms with E-state index >= 15 is 0 Å². The molecule has 11 heteroatoms. The fourth-order valence-electron chi connectivity index (χ4n) is 3.87. The quantitative estimate of drug-likeness (QED) is 0.118. The number of hydrogen-bond donors (Lipinski definition) is 4. The predicted octanol–water partition coefficient (Wildman–Crippen LogP) is 4.62. The molecule has 2 heterocycles. The summed E-state index contributed by atoms with van der Waals surface area (Å²) >= 11 is 6.12. The van der Waals surface area contributed by atoms with Gasteiger partial charge in [0, 0.05) is 31.6 Å². The van der Waals surface area contributed by atoms with Gasteiger partial charge < -0.3 is 26.3 Å². The molecule has 10 nitrogen and oxygen atoms in total. The monoisotopic (exact) mass is 534 g/mol. The van der Waals surface area contributed by atoms with Crippen LogP contribution in [0.25, 0.3) is 11.2 Å². The Labute approximate surface area is 226 Å². The van der Waals surface area contributed by atoms with Crippen molar-refractivity contribution in [1.29, 1.82) is 0 Å².